The zero-order chi connectivity index (χ0) is 18.9. The topological polar surface area (TPSA) is 63.7 Å². The number of fused-ring (bicyclic) bond motifs is 2. The number of thiazole rings is 1. The SMILES string of the molecule is O=C(Nc1nc2cc3c(cc2s1)OCCO3)C1CCCN1Cc1ccccc1. The van der Waals surface area contributed by atoms with Crippen molar-refractivity contribution in [3.05, 3.63) is 48.0 Å². The van der Waals surface area contributed by atoms with Gasteiger partial charge in [0.25, 0.3) is 0 Å². The molecule has 5 rings (SSSR count). The summed E-state index contributed by atoms with van der Waals surface area (Å²) in [6.07, 6.45) is 1.91. The van der Waals surface area contributed by atoms with Crippen LogP contribution in [0.3, 0.4) is 0 Å². The van der Waals surface area contributed by atoms with Crippen molar-refractivity contribution in [3.63, 3.8) is 0 Å². The standard InChI is InChI=1S/C21H21N3O3S/c25-20(16-7-4-8-24(16)13-14-5-2-1-3-6-14)23-21-22-15-11-17-18(12-19(15)28-21)27-10-9-26-17/h1-3,5-6,11-12,16H,4,7-10,13H2,(H,22,23,25). The summed E-state index contributed by atoms with van der Waals surface area (Å²) in [5, 5.41) is 3.64. The number of nitrogens with zero attached hydrogens (tertiary/aromatic N) is 2. The Hall–Kier alpha value is -2.64. The third-order valence-corrected chi connectivity index (χ3v) is 6.11. The van der Waals surface area contributed by atoms with Crippen molar-refractivity contribution in [3.8, 4) is 11.5 Å². The summed E-state index contributed by atoms with van der Waals surface area (Å²) in [4.78, 5) is 19.7. The molecule has 1 fully saturated rings. The molecule has 6 nitrogen and oxygen atoms in total. The van der Waals surface area contributed by atoms with E-state index in [0.717, 1.165) is 41.9 Å². The number of likely N-dealkylation sites (tertiary alicyclic amines) is 1. The van der Waals surface area contributed by atoms with Crippen molar-refractivity contribution >= 4 is 32.6 Å². The minimum absolute atomic E-state index is 0.0183. The fourth-order valence-electron chi connectivity index (χ4n) is 3.84. The second-order valence-electron chi connectivity index (χ2n) is 7.09. The smallest absolute Gasteiger partial charge is 0.243 e. The van der Waals surface area contributed by atoms with E-state index >= 15 is 0 Å². The van der Waals surface area contributed by atoms with E-state index in [1.54, 1.807) is 0 Å². The van der Waals surface area contributed by atoms with Crippen LogP contribution in [0, 0.1) is 0 Å². The average Bonchev–Trinajstić information content (AvgIpc) is 3.32. The molecule has 1 atom stereocenters. The molecule has 1 N–H and O–H groups in total. The van der Waals surface area contributed by atoms with Crippen molar-refractivity contribution in [2.45, 2.75) is 25.4 Å². The number of amides is 1. The van der Waals surface area contributed by atoms with Gasteiger partial charge in [0.05, 0.1) is 16.3 Å². The summed E-state index contributed by atoms with van der Waals surface area (Å²) in [5.74, 6) is 1.47. The van der Waals surface area contributed by atoms with E-state index in [9.17, 15) is 4.79 Å². The number of hydrogen-bond donors (Lipinski definition) is 1. The maximum Gasteiger partial charge on any atom is 0.243 e. The van der Waals surface area contributed by atoms with E-state index in [0.29, 0.717) is 24.1 Å². The number of rotatable bonds is 4. The van der Waals surface area contributed by atoms with Gasteiger partial charge in [0.15, 0.2) is 16.6 Å². The van der Waals surface area contributed by atoms with Crippen LogP contribution in [-0.4, -0.2) is 41.6 Å². The third-order valence-electron chi connectivity index (χ3n) is 5.18. The van der Waals surface area contributed by atoms with Crippen LogP contribution < -0.4 is 14.8 Å². The fraction of sp³-hybridized carbons (Fsp3) is 0.333. The van der Waals surface area contributed by atoms with Gasteiger partial charge in [-0.15, -0.1) is 0 Å². The van der Waals surface area contributed by atoms with Crippen molar-refractivity contribution < 1.29 is 14.3 Å². The molecule has 1 unspecified atom stereocenters. The molecular weight excluding hydrogens is 374 g/mol. The van der Waals surface area contributed by atoms with Crippen molar-refractivity contribution in [1.82, 2.24) is 9.88 Å². The van der Waals surface area contributed by atoms with Crippen LogP contribution >= 0.6 is 11.3 Å². The summed E-state index contributed by atoms with van der Waals surface area (Å²) in [7, 11) is 0. The first-order valence-corrected chi connectivity index (χ1v) is 10.4. The van der Waals surface area contributed by atoms with Crippen LogP contribution in [0.15, 0.2) is 42.5 Å². The van der Waals surface area contributed by atoms with E-state index in [-0.39, 0.29) is 11.9 Å². The summed E-state index contributed by atoms with van der Waals surface area (Å²) in [5.41, 5.74) is 2.05. The van der Waals surface area contributed by atoms with Crippen LogP contribution in [0.4, 0.5) is 5.13 Å². The molecule has 28 heavy (non-hydrogen) atoms. The van der Waals surface area contributed by atoms with Crippen LogP contribution in [0.25, 0.3) is 10.2 Å². The Morgan fingerprint density at radius 3 is 2.79 bits per heavy atom. The fourth-order valence-corrected chi connectivity index (χ4v) is 4.72. The zero-order valence-corrected chi connectivity index (χ0v) is 16.2. The van der Waals surface area contributed by atoms with Crippen LogP contribution in [0.5, 0.6) is 11.5 Å². The highest BCUT2D eigenvalue weighted by Crippen LogP contribution is 2.38. The normalized spacial score (nSPS) is 19.1. The highest BCUT2D eigenvalue weighted by molar-refractivity contribution is 7.22. The molecule has 0 spiro atoms. The molecule has 0 bridgehead atoms. The number of hydrogen-bond acceptors (Lipinski definition) is 6. The van der Waals surface area contributed by atoms with Crippen LogP contribution in [0.1, 0.15) is 18.4 Å². The number of nitrogens with one attached hydrogen (secondary N) is 1. The maximum absolute atomic E-state index is 12.9. The molecule has 1 amide bonds. The van der Waals surface area contributed by atoms with Gasteiger partial charge in [-0.2, -0.15) is 0 Å². The molecular formula is C21H21N3O3S. The van der Waals surface area contributed by atoms with Gasteiger partial charge in [-0.1, -0.05) is 41.7 Å². The number of ether oxygens (including phenoxy) is 2. The molecule has 0 saturated carbocycles. The lowest BCUT2D eigenvalue weighted by molar-refractivity contribution is -0.120. The van der Waals surface area contributed by atoms with Gasteiger partial charge >= 0.3 is 0 Å². The summed E-state index contributed by atoms with van der Waals surface area (Å²) >= 11 is 1.47. The van der Waals surface area contributed by atoms with Gasteiger partial charge in [-0.05, 0) is 24.9 Å². The van der Waals surface area contributed by atoms with Crippen molar-refractivity contribution in [1.29, 1.82) is 0 Å². The number of carbonyl (C=O) groups excluding carboxylic acids is 1. The lowest BCUT2D eigenvalue weighted by Crippen LogP contribution is -2.39. The number of aromatic nitrogens is 1. The first-order chi connectivity index (χ1) is 13.8. The average molecular weight is 395 g/mol. The Morgan fingerprint density at radius 1 is 1.18 bits per heavy atom. The largest absolute Gasteiger partial charge is 0.486 e. The van der Waals surface area contributed by atoms with Crippen molar-refractivity contribution in [2.24, 2.45) is 0 Å². The van der Waals surface area contributed by atoms with Crippen molar-refractivity contribution in [2.75, 3.05) is 25.1 Å². The van der Waals surface area contributed by atoms with Gasteiger partial charge in [0.2, 0.25) is 5.91 Å². The molecule has 2 aliphatic rings. The minimum Gasteiger partial charge on any atom is -0.486 e. The van der Waals surface area contributed by atoms with Crippen LogP contribution in [-0.2, 0) is 11.3 Å². The van der Waals surface area contributed by atoms with Gasteiger partial charge in [0.1, 0.15) is 13.2 Å². The monoisotopic (exact) mass is 395 g/mol. The zero-order valence-electron chi connectivity index (χ0n) is 15.4. The van der Waals surface area contributed by atoms with Gasteiger partial charge in [0, 0.05) is 18.7 Å². The molecule has 2 aliphatic heterocycles. The lowest BCUT2D eigenvalue weighted by Gasteiger charge is -2.23. The predicted octanol–water partition coefficient (Wildman–Crippen LogP) is 3.67. The Balaban J connectivity index is 1.31. The van der Waals surface area contributed by atoms with E-state index in [1.165, 1.54) is 16.9 Å². The molecule has 2 aromatic carbocycles. The van der Waals surface area contributed by atoms with E-state index in [4.69, 9.17) is 9.47 Å². The second-order valence-corrected chi connectivity index (χ2v) is 8.12. The summed E-state index contributed by atoms with van der Waals surface area (Å²) in [6, 6.07) is 14.0. The minimum atomic E-state index is -0.118. The number of benzene rings is 2. The highest BCUT2D eigenvalue weighted by Gasteiger charge is 2.31. The highest BCUT2D eigenvalue weighted by atomic mass is 32.1. The molecule has 7 heteroatoms. The molecule has 0 radical (unpaired) electrons. The quantitative estimate of drug-likeness (QED) is 0.730. The second kappa shape index (κ2) is 7.41. The van der Waals surface area contributed by atoms with Gasteiger partial charge < -0.3 is 14.8 Å². The van der Waals surface area contributed by atoms with E-state index in [2.05, 4.69) is 27.3 Å². The third kappa shape index (κ3) is 3.43. The van der Waals surface area contributed by atoms with E-state index < -0.39 is 0 Å². The van der Waals surface area contributed by atoms with Gasteiger partial charge in [-0.3, -0.25) is 9.69 Å². The predicted molar refractivity (Wildman–Crippen MR) is 109 cm³/mol. The molecule has 0 aliphatic carbocycles. The Kier molecular flexibility index (Phi) is 4.62. The molecule has 3 heterocycles. The van der Waals surface area contributed by atoms with E-state index in [1.807, 2.05) is 30.3 Å². The summed E-state index contributed by atoms with van der Waals surface area (Å²) in [6.45, 7) is 2.83. The van der Waals surface area contributed by atoms with Crippen LogP contribution in [0.2, 0.25) is 0 Å². The first-order valence-electron chi connectivity index (χ1n) is 9.55. The number of anilines is 1. The summed E-state index contributed by atoms with van der Waals surface area (Å²) < 4.78 is 12.2. The Bertz CT molecular complexity index is 962. The van der Waals surface area contributed by atoms with Gasteiger partial charge in [-0.25, -0.2) is 4.98 Å². The molecule has 144 valence electrons. The molecule has 3 aromatic rings. The lowest BCUT2D eigenvalue weighted by atomic mass is 10.1. The Morgan fingerprint density at radius 2 is 1.96 bits per heavy atom. The first kappa shape index (κ1) is 17.5. The molecule has 1 aromatic heterocycles. The number of carbonyl (C=O) groups is 1. The Labute approximate surface area is 167 Å². The molecule has 1 saturated heterocycles. The maximum atomic E-state index is 12.9.